The fourth-order valence-electron chi connectivity index (χ4n) is 3.59. The van der Waals surface area contributed by atoms with Crippen LogP contribution < -0.4 is 10.5 Å². The first-order chi connectivity index (χ1) is 13.3. The van der Waals surface area contributed by atoms with Gasteiger partial charge < -0.3 is 10.5 Å². The Bertz CT molecular complexity index is 926. The lowest BCUT2D eigenvalue weighted by atomic mass is 9.90. The molecule has 4 rings (SSSR count). The summed E-state index contributed by atoms with van der Waals surface area (Å²) in [6.45, 7) is 1.31. The van der Waals surface area contributed by atoms with Gasteiger partial charge in [-0.1, -0.05) is 72.3 Å². The molecule has 0 aromatic heterocycles. The second-order valence-corrected chi connectivity index (χ2v) is 7.05. The van der Waals surface area contributed by atoms with Crippen molar-refractivity contribution in [2.24, 2.45) is 5.73 Å². The summed E-state index contributed by atoms with van der Waals surface area (Å²) in [4.78, 5) is 0. The molecule has 0 radical (unpaired) electrons. The number of aryl methyl sites for hydroxylation is 1. The lowest BCUT2D eigenvalue weighted by Crippen LogP contribution is -2.05. The van der Waals surface area contributed by atoms with E-state index in [1.165, 1.54) is 33.4 Å². The highest BCUT2D eigenvalue weighted by atomic mass is 16.5. The topological polar surface area (TPSA) is 35.2 Å². The molecule has 2 nitrogen and oxygen atoms in total. The Hall–Kier alpha value is -2.84. The molecule has 0 saturated carbocycles. The van der Waals surface area contributed by atoms with Gasteiger partial charge in [0.1, 0.15) is 12.4 Å². The van der Waals surface area contributed by atoms with Crippen molar-refractivity contribution in [3.8, 4) is 16.9 Å². The Labute approximate surface area is 161 Å². The number of benzene rings is 3. The van der Waals surface area contributed by atoms with E-state index in [0.717, 1.165) is 31.6 Å². The lowest BCUT2D eigenvalue weighted by molar-refractivity contribution is 0.306. The van der Waals surface area contributed by atoms with E-state index in [1.807, 2.05) is 6.07 Å². The molecule has 1 aliphatic rings. The number of nitrogens with two attached hydrogens (primary N) is 1. The van der Waals surface area contributed by atoms with E-state index in [4.69, 9.17) is 10.5 Å². The van der Waals surface area contributed by atoms with Crippen LogP contribution in [0.2, 0.25) is 0 Å². The largest absolute Gasteiger partial charge is 0.489 e. The molecule has 0 fully saturated rings. The summed E-state index contributed by atoms with van der Waals surface area (Å²) in [6, 6.07) is 25.5. The predicted molar refractivity (Wildman–Crippen MR) is 113 cm³/mol. The van der Waals surface area contributed by atoms with Gasteiger partial charge in [-0.05, 0) is 65.8 Å². The third-order valence-electron chi connectivity index (χ3n) is 5.12. The molecule has 3 aromatic carbocycles. The highest BCUT2D eigenvalue weighted by molar-refractivity contribution is 5.63. The molecule has 0 unspecified atom stereocenters. The first kappa shape index (κ1) is 17.6. The molecular weight excluding hydrogens is 330 g/mol. The Balaban J connectivity index is 1.41. The molecule has 0 aliphatic heterocycles. The standard InChI is InChI=1S/C25H25NO/c26-15-14-19-6-11-24-17-25(13-12-23(24)16-19)27-18-20-7-9-22(10-8-20)21-4-2-1-3-5-21/h1-5,7-10,12-13,16-17H,6,11,14-15,18,26H2. The Kier molecular flexibility index (Phi) is 5.36. The molecule has 0 atom stereocenters. The van der Waals surface area contributed by atoms with E-state index in [0.29, 0.717) is 6.61 Å². The fraction of sp³-hybridized carbons (Fsp3) is 0.200. The first-order valence-corrected chi connectivity index (χ1v) is 9.61. The number of hydrogen-bond donors (Lipinski definition) is 1. The zero-order valence-corrected chi connectivity index (χ0v) is 15.5. The van der Waals surface area contributed by atoms with Crippen molar-refractivity contribution in [1.82, 2.24) is 0 Å². The van der Waals surface area contributed by atoms with Crippen molar-refractivity contribution in [3.63, 3.8) is 0 Å². The Morgan fingerprint density at radius 1 is 0.815 bits per heavy atom. The quantitative estimate of drug-likeness (QED) is 0.623. The average Bonchev–Trinajstić information content (AvgIpc) is 2.73. The summed E-state index contributed by atoms with van der Waals surface area (Å²) >= 11 is 0. The minimum absolute atomic E-state index is 0.585. The highest BCUT2D eigenvalue weighted by Gasteiger charge is 2.11. The summed E-state index contributed by atoms with van der Waals surface area (Å²) in [5.74, 6) is 0.941. The van der Waals surface area contributed by atoms with Gasteiger partial charge in [0.25, 0.3) is 0 Å². The SMILES string of the molecule is NCCC1=Cc2ccc(OCc3ccc(-c4ccccc4)cc3)cc2CC1. The molecular formula is C25H25NO. The third kappa shape index (κ3) is 4.29. The van der Waals surface area contributed by atoms with E-state index in [9.17, 15) is 0 Å². The normalized spacial score (nSPS) is 13.0. The fourth-order valence-corrected chi connectivity index (χ4v) is 3.59. The second kappa shape index (κ2) is 8.24. The van der Waals surface area contributed by atoms with Crippen LogP contribution in [0.15, 0.2) is 78.4 Å². The predicted octanol–water partition coefficient (Wildman–Crippen LogP) is 5.61. The summed E-state index contributed by atoms with van der Waals surface area (Å²) in [5, 5.41) is 0. The first-order valence-electron chi connectivity index (χ1n) is 9.61. The van der Waals surface area contributed by atoms with Crippen LogP contribution in [0.3, 0.4) is 0 Å². The molecule has 1 aliphatic carbocycles. The summed E-state index contributed by atoms with van der Waals surface area (Å²) in [6.07, 6.45) is 5.47. The molecule has 0 spiro atoms. The highest BCUT2D eigenvalue weighted by Crippen LogP contribution is 2.29. The van der Waals surface area contributed by atoms with Crippen molar-refractivity contribution in [1.29, 1.82) is 0 Å². The van der Waals surface area contributed by atoms with E-state index in [1.54, 1.807) is 0 Å². The molecule has 2 N–H and O–H groups in total. The van der Waals surface area contributed by atoms with Crippen LogP contribution in [-0.2, 0) is 13.0 Å². The lowest BCUT2D eigenvalue weighted by Gasteiger charge is -2.17. The van der Waals surface area contributed by atoms with Crippen LogP contribution in [0.4, 0.5) is 0 Å². The molecule has 0 bridgehead atoms. The van der Waals surface area contributed by atoms with Crippen LogP contribution in [0.5, 0.6) is 5.75 Å². The van der Waals surface area contributed by atoms with E-state index in [-0.39, 0.29) is 0 Å². The molecule has 27 heavy (non-hydrogen) atoms. The molecule has 0 saturated heterocycles. The summed E-state index contributed by atoms with van der Waals surface area (Å²) < 4.78 is 6.04. The van der Waals surface area contributed by atoms with Gasteiger partial charge in [-0.2, -0.15) is 0 Å². The van der Waals surface area contributed by atoms with E-state index in [2.05, 4.69) is 72.8 Å². The Morgan fingerprint density at radius 3 is 2.37 bits per heavy atom. The van der Waals surface area contributed by atoms with Crippen molar-refractivity contribution < 1.29 is 4.74 Å². The monoisotopic (exact) mass is 355 g/mol. The van der Waals surface area contributed by atoms with Gasteiger partial charge in [0.15, 0.2) is 0 Å². The van der Waals surface area contributed by atoms with Crippen molar-refractivity contribution in [3.05, 3.63) is 95.1 Å². The van der Waals surface area contributed by atoms with Gasteiger partial charge in [-0.25, -0.2) is 0 Å². The van der Waals surface area contributed by atoms with Crippen LogP contribution in [0, 0.1) is 0 Å². The van der Waals surface area contributed by atoms with Crippen molar-refractivity contribution in [2.75, 3.05) is 6.54 Å². The minimum Gasteiger partial charge on any atom is -0.489 e. The Morgan fingerprint density at radius 2 is 1.59 bits per heavy atom. The molecule has 0 heterocycles. The van der Waals surface area contributed by atoms with Gasteiger partial charge in [0.2, 0.25) is 0 Å². The molecule has 2 heteroatoms. The second-order valence-electron chi connectivity index (χ2n) is 7.05. The zero-order valence-electron chi connectivity index (χ0n) is 15.5. The molecule has 0 amide bonds. The van der Waals surface area contributed by atoms with Crippen LogP contribution in [0.25, 0.3) is 17.2 Å². The average molecular weight is 355 g/mol. The van der Waals surface area contributed by atoms with E-state index < -0.39 is 0 Å². The van der Waals surface area contributed by atoms with Crippen LogP contribution in [0.1, 0.15) is 29.5 Å². The van der Waals surface area contributed by atoms with Crippen LogP contribution in [-0.4, -0.2) is 6.54 Å². The minimum atomic E-state index is 0.585. The number of hydrogen-bond acceptors (Lipinski definition) is 2. The maximum Gasteiger partial charge on any atom is 0.120 e. The van der Waals surface area contributed by atoms with Crippen LogP contribution >= 0.6 is 0 Å². The smallest absolute Gasteiger partial charge is 0.120 e. The zero-order chi connectivity index (χ0) is 18.5. The van der Waals surface area contributed by atoms with Gasteiger partial charge in [-0.3, -0.25) is 0 Å². The maximum absolute atomic E-state index is 6.04. The van der Waals surface area contributed by atoms with Gasteiger partial charge in [0, 0.05) is 0 Å². The summed E-state index contributed by atoms with van der Waals surface area (Å²) in [5.41, 5.74) is 13.5. The maximum atomic E-state index is 6.04. The number of fused-ring (bicyclic) bond motifs is 1. The van der Waals surface area contributed by atoms with E-state index >= 15 is 0 Å². The van der Waals surface area contributed by atoms with Crippen molar-refractivity contribution in [2.45, 2.75) is 25.9 Å². The van der Waals surface area contributed by atoms with Gasteiger partial charge in [-0.15, -0.1) is 0 Å². The van der Waals surface area contributed by atoms with Gasteiger partial charge >= 0.3 is 0 Å². The van der Waals surface area contributed by atoms with Gasteiger partial charge in [0.05, 0.1) is 0 Å². The summed E-state index contributed by atoms with van der Waals surface area (Å²) in [7, 11) is 0. The molecule has 136 valence electrons. The number of rotatable bonds is 6. The third-order valence-corrected chi connectivity index (χ3v) is 5.12. The van der Waals surface area contributed by atoms with Crippen molar-refractivity contribution >= 4 is 6.08 Å². The number of ether oxygens (including phenoxy) is 1. The molecule has 3 aromatic rings.